The Balaban J connectivity index is 3.17. The smallest absolute Gasteiger partial charge is 0.336 e. The van der Waals surface area contributed by atoms with Crippen molar-refractivity contribution in [1.29, 1.82) is 0 Å². The lowest BCUT2D eigenvalue weighted by atomic mass is 10.1. The van der Waals surface area contributed by atoms with Gasteiger partial charge in [0.15, 0.2) is 0 Å². The van der Waals surface area contributed by atoms with Crippen LogP contribution in [0.4, 0.5) is 0 Å². The number of rotatable bonds is 2. The number of methoxy groups -OCH3 is 1. The molecule has 0 radical (unpaired) electrons. The molecule has 0 bridgehead atoms. The molecule has 1 aromatic carbocycles. The molecule has 3 nitrogen and oxygen atoms in total. The largest absolute Gasteiger partial charge is 0.497 e. The van der Waals surface area contributed by atoms with E-state index < -0.39 is 5.97 Å². The summed E-state index contributed by atoms with van der Waals surface area (Å²) in [6, 6.07) is 4.97. The van der Waals surface area contributed by atoms with Crippen molar-refractivity contribution in [2.24, 2.45) is 0 Å². The number of benzene rings is 1. The summed E-state index contributed by atoms with van der Waals surface area (Å²) in [4.78, 5) is 10.6. The predicted octanol–water partition coefficient (Wildman–Crippen LogP) is 1.70. The Bertz CT molecular complexity index is 305. The minimum atomic E-state index is -0.925. The van der Waals surface area contributed by atoms with Gasteiger partial charge in [-0.05, 0) is 24.6 Å². The molecule has 0 aliphatic rings. The number of carboxylic acid groups (broad SMARTS) is 1. The summed E-state index contributed by atoms with van der Waals surface area (Å²) >= 11 is 0. The summed E-state index contributed by atoms with van der Waals surface area (Å²) in [6.07, 6.45) is 0. The van der Waals surface area contributed by atoms with Crippen molar-refractivity contribution in [2.45, 2.75) is 6.92 Å². The summed E-state index contributed by atoms with van der Waals surface area (Å²) in [5.41, 5.74) is 1.03. The maximum Gasteiger partial charge on any atom is 0.336 e. The number of carboxylic acids is 1. The van der Waals surface area contributed by atoms with Crippen molar-refractivity contribution in [2.75, 3.05) is 7.11 Å². The maximum absolute atomic E-state index is 10.6. The molecule has 0 saturated carbocycles. The molecule has 3 heteroatoms. The van der Waals surface area contributed by atoms with Crippen LogP contribution >= 0.6 is 0 Å². The Kier molecular flexibility index (Phi) is 2.33. The van der Waals surface area contributed by atoms with E-state index in [1.54, 1.807) is 19.1 Å². The van der Waals surface area contributed by atoms with Crippen molar-refractivity contribution in [3.8, 4) is 5.75 Å². The van der Waals surface area contributed by atoms with E-state index in [0.717, 1.165) is 5.56 Å². The van der Waals surface area contributed by atoms with Gasteiger partial charge in [0.2, 0.25) is 0 Å². The SMILES string of the molecule is COc1ccc(C)c(C(=O)O)c1. The molecule has 0 unspecified atom stereocenters. The lowest BCUT2D eigenvalue weighted by Crippen LogP contribution is -1.99. The van der Waals surface area contributed by atoms with E-state index in [1.807, 2.05) is 0 Å². The monoisotopic (exact) mass is 166 g/mol. The standard InChI is InChI=1S/C9H10O3/c1-6-3-4-7(12-2)5-8(6)9(10)11/h3-5H,1-2H3,(H,10,11). The normalized spacial score (nSPS) is 9.50. The van der Waals surface area contributed by atoms with E-state index in [2.05, 4.69) is 0 Å². The fraction of sp³-hybridized carbons (Fsp3) is 0.222. The zero-order valence-corrected chi connectivity index (χ0v) is 7.00. The molecule has 0 spiro atoms. The van der Waals surface area contributed by atoms with Gasteiger partial charge in [-0.2, -0.15) is 0 Å². The summed E-state index contributed by atoms with van der Waals surface area (Å²) in [5.74, 6) is -0.357. The molecule has 1 aromatic rings. The predicted molar refractivity (Wildman–Crippen MR) is 44.7 cm³/mol. The van der Waals surface area contributed by atoms with Crippen LogP contribution in [0.1, 0.15) is 15.9 Å². The third kappa shape index (κ3) is 1.56. The molecule has 0 saturated heterocycles. The molecule has 1 rings (SSSR count). The zero-order valence-electron chi connectivity index (χ0n) is 7.00. The van der Waals surface area contributed by atoms with Gasteiger partial charge in [-0.3, -0.25) is 0 Å². The van der Waals surface area contributed by atoms with Crippen molar-refractivity contribution >= 4 is 5.97 Å². The number of hydrogen-bond donors (Lipinski definition) is 1. The van der Waals surface area contributed by atoms with Crippen molar-refractivity contribution in [3.05, 3.63) is 29.3 Å². The van der Waals surface area contributed by atoms with Crippen molar-refractivity contribution < 1.29 is 14.6 Å². The van der Waals surface area contributed by atoms with Crippen LogP contribution in [0.15, 0.2) is 18.2 Å². The van der Waals surface area contributed by atoms with Gasteiger partial charge in [-0.1, -0.05) is 6.07 Å². The molecule has 0 heterocycles. The highest BCUT2D eigenvalue weighted by Crippen LogP contribution is 2.16. The summed E-state index contributed by atoms with van der Waals surface area (Å²) < 4.78 is 4.90. The third-order valence-electron chi connectivity index (χ3n) is 1.68. The first-order valence-electron chi connectivity index (χ1n) is 3.53. The number of aryl methyl sites for hydroxylation is 1. The Morgan fingerprint density at radius 1 is 1.50 bits per heavy atom. The number of hydrogen-bond acceptors (Lipinski definition) is 2. The van der Waals surface area contributed by atoms with Crippen LogP contribution in [0.2, 0.25) is 0 Å². The third-order valence-corrected chi connectivity index (χ3v) is 1.68. The highest BCUT2D eigenvalue weighted by atomic mass is 16.5. The molecule has 0 aromatic heterocycles. The number of ether oxygens (including phenoxy) is 1. The summed E-state index contributed by atoms with van der Waals surface area (Å²) in [5, 5.41) is 8.73. The van der Waals surface area contributed by atoms with E-state index >= 15 is 0 Å². The van der Waals surface area contributed by atoms with E-state index in [0.29, 0.717) is 5.75 Å². The van der Waals surface area contributed by atoms with Crippen LogP contribution in [-0.2, 0) is 0 Å². The molecule has 0 amide bonds. The van der Waals surface area contributed by atoms with Gasteiger partial charge in [-0.15, -0.1) is 0 Å². The van der Waals surface area contributed by atoms with Gasteiger partial charge in [0.25, 0.3) is 0 Å². The second-order valence-electron chi connectivity index (χ2n) is 2.49. The molecular formula is C9H10O3. The topological polar surface area (TPSA) is 46.5 Å². The maximum atomic E-state index is 10.6. The second-order valence-corrected chi connectivity index (χ2v) is 2.49. The van der Waals surface area contributed by atoms with Crippen LogP contribution in [0.5, 0.6) is 5.75 Å². The second kappa shape index (κ2) is 3.26. The quantitative estimate of drug-likeness (QED) is 0.727. The van der Waals surface area contributed by atoms with Gasteiger partial charge in [0, 0.05) is 0 Å². The minimum absolute atomic E-state index is 0.286. The molecule has 0 aliphatic carbocycles. The van der Waals surface area contributed by atoms with Crippen LogP contribution in [-0.4, -0.2) is 18.2 Å². The Labute approximate surface area is 70.6 Å². The molecule has 1 N–H and O–H groups in total. The minimum Gasteiger partial charge on any atom is -0.497 e. The van der Waals surface area contributed by atoms with E-state index in [9.17, 15) is 4.79 Å². The van der Waals surface area contributed by atoms with Crippen molar-refractivity contribution in [3.63, 3.8) is 0 Å². The van der Waals surface area contributed by atoms with Gasteiger partial charge in [0.05, 0.1) is 12.7 Å². The first kappa shape index (κ1) is 8.59. The fourth-order valence-corrected chi connectivity index (χ4v) is 0.958. The lowest BCUT2D eigenvalue weighted by molar-refractivity contribution is 0.0695. The molecule has 0 aliphatic heterocycles. The highest BCUT2D eigenvalue weighted by molar-refractivity contribution is 5.89. The Morgan fingerprint density at radius 3 is 2.67 bits per heavy atom. The van der Waals surface area contributed by atoms with Gasteiger partial charge in [0.1, 0.15) is 5.75 Å². The van der Waals surface area contributed by atoms with Gasteiger partial charge in [-0.25, -0.2) is 4.79 Å². The Hall–Kier alpha value is -1.51. The lowest BCUT2D eigenvalue weighted by Gasteiger charge is -2.03. The van der Waals surface area contributed by atoms with Crippen LogP contribution in [0.25, 0.3) is 0 Å². The van der Waals surface area contributed by atoms with Crippen LogP contribution in [0.3, 0.4) is 0 Å². The summed E-state index contributed by atoms with van der Waals surface area (Å²) in [7, 11) is 1.51. The summed E-state index contributed by atoms with van der Waals surface area (Å²) in [6.45, 7) is 1.75. The zero-order chi connectivity index (χ0) is 9.14. The van der Waals surface area contributed by atoms with Crippen LogP contribution in [0, 0.1) is 6.92 Å². The Morgan fingerprint density at radius 2 is 2.17 bits per heavy atom. The molecular weight excluding hydrogens is 156 g/mol. The molecule has 0 atom stereocenters. The van der Waals surface area contributed by atoms with Crippen LogP contribution < -0.4 is 4.74 Å². The highest BCUT2D eigenvalue weighted by Gasteiger charge is 2.07. The fourth-order valence-electron chi connectivity index (χ4n) is 0.958. The van der Waals surface area contributed by atoms with E-state index in [4.69, 9.17) is 9.84 Å². The average Bonchev–Trinajstić information content (AvgIpc) is 2.05. The van der Waals surface area contributed by atoms with Gasteiger partial charge >= 0.3 is 5.97 Å². The average molecular weight is 166 g/mol. The first-order chi connectivity index (χ1) is 5.65. The molecule has 64 valence electrons. The number of aromatic carboxylic acids is 1. The number of carbonyl (C=O) groups is 1. The van der Waals surface area contributed by atoms with E-state index in [-0.39, 0.29) is 5.56 Å². The van der Waals surface area contributed by atoms with Gasteiger partial charge < -0.3 is 9.84 Å². The molecule has 0 fully saturated rings. The first-order valence-corrected chi connectivity index (χ1v) is 3.53. The van der Waals surface area contributed by atoms with E-state index in [1.165, 1.54) is 13.2 Å². The van der Waals surface area contributed by atoms with Crippen molar-refractivity contribution in [1.82, 2.24) is 0 Å². The molecule has 12 heavy (non-hydrogen) atoms.